The third kappa shape index (κ3) is 3.03. The van der Waals surface area contributed by atoms with Crippen LogP contribution in [0, 0.1) is 0 Å². The van der Waals surface area contributed by atoms with E-state index in [2.05, 4.69) is 20.5 Å². The first-order valence-electron chi connectivity index (χ1n) is 9.11. The second kappa shape index (κ2) is 6.88. The molecule has 0 unspecified atom stereocenters. The molecule has 5 N–H and O–H groups in total. The van der Waals surface area contributed by atoms with Crippen molar-refractivity contribution in [2.45, 2.75) is 37.5 Å². The molecule has 10 heteroatoms. The molecule has 4 atom stereocenters. The summed E-state index contributed by atoms with van der Waals surface area (Å²) in [6, 6.07) is 1.45. The number of aromatic nitrogens is 1. The van der Waals surface area contributed by atoms with Gasteiger partial charge in [-0.05, 0) is 13.0 Å². The molecule has 27 heavy (non-hydrogen) atoms. The van der Waals surface area contributed by atoms with Gasteiger partial charge >= 0.3 is 6.03 Å². The van der Waals surface area contributed by atoms with Gasteiger partial charge in [-0.15, -0.1) is 0 Å². The monoisotopic (exact) mass is 379 g/mol. The minimum Gasteiger partial charge on any atom is -0.394 e. The first-order valence-corrected chi connectivity index (χ1v) is 9.11. The van der Waals surface area contributed by atoms with Crippen LogP contribution in [0.2, 0.25) is 0 Å². The summed E-state index contributed by atoms with van der Waals surface area (Å²) in [5.74, 6) is 0.490. The van der Waals surface area contributed by atoms with Gasteiger partial charge in [0.1, 0.15) is 23.6 Å². The lowest BCUT2D eigenvalue weighted by Crippen LogP contribution is -2.57. The third-order valence-corrected chi connectivity index (χ3v) is 5.52. The molecule has 1 aromatic heterocycles. The predicted octanol–water partition coefficient (Wildman–Crippen LogP) is -1.33. The standard InChI is InChI=1S/C17H25N5O5/c1-17(26)13(24)12(9-23)27-15(17)22-8-10-11(21-6-4-18-5-7-21)2-3-19-14(10)20-16(22)25/h2-3,12-13,15,18,23-24,26H,4-9H2,1H3,(H,19,20,25)/t12-,13-,15-,17-/m1/s1. The van der Waals surface area contributed by atoms with Crippen molar-refractivity contribution in [3.8, 4) is 0 Å². The fourth-order valence-corrected chi connectivity index (χ4v) is 3.98. The number of carbonyl (C=O) groups is 1. The van der Waals surface area contributed by atoms with Crippen molar-refractivity contribution in [2.75, 3.05) is 43.0 Å². The predicted molar refractivity (Wildman–Crippen MR) is 96.3 cm³/mol. The highest BCUT2D eigenvalue weighted by molar-refractivity contribution is 5.92. The van der Waals surface area contributed by atoms with Crippen LogP contribution in [0.3, 0.4) is 0 Å². The Hall–Kier alpha value is -1.98. The van der Waals surface area contributed by atoms with E-state index in [4.69, 9.17) is 4.74 Å². The first-order chi connectivity index (χ1) is 12.9. The number of anilines is 2. The number of fused-ring (bicyclic) bond motifs is 1. The van der Waals surface area contributed by atoms with Crippen LogP contribution in [0.25, 0.3) is 0 Å². The molecule has 0 aromatic carbocycles. The van der Waals surface area contributed by atoms with Gasteiger partial charge in [0.25, 0.3) is 0 Å². The van der Waals surface area contributed by atoms with Crippen molar-refractivity contribution in [3.05, 3.63) is 17.8 Å². The van der Waals surface area contributed by atoms with E-state index in [1.54, 1.807) is 6.20 Å². The highest BCUT2D eigenvalue weighted by Crippen LogP contribution is 2.38. The zero-order valence-electron chi connectivity index (χ0n) is 15.1. The van der Waals surface area contributed by atoms with Gasteiger partial charge in [-0.1, -0.05) is 0 Å². The number of pyridine rings is 1. The molecule has 4 rings (SSSR count). The molecule has 2 fully saturated rings. The maximum Gasteiger partial charge on any atom is 0.325 e. The maximum atomic E-state index is 12.6. The molecule has 1 aromatic rings. The number of amides is 2. The van der Waals surface area contributed by atoms with Gasteiger partial charge in [0.15, 0.2) is 6.23 Å². The number of hydrogen-bond donors (Lipinski definition) is 5. The van der Waals surface area contributed by atoms with Gasteiger partial charge < -0.3 is 30.3 Å². The number of nitrogens with zero attached hydrogens (tertiary/aromatic N) is 3. The Morgan fingerprint density at radius 3 is 2.81 bits per heavy atom. The topological polar surface area (TPSA) is 130 Å². The molecule has 2 saturated heterocycles. The van der Waals surface area contributed by atoms with Crippen molar-refractivity contribution in [1.82, 2.24) is 15.2 Å². The summed E-state index contributed by atoms with van der Waals surface area (Å²) in [7, 11) is 0. The normalized spacial score (nSPS) is 33.8. The van der Waals surface area contributed by atoms with E-state index >= 15 is 0 Å². The Bertz CT molecular complexity index is 724. The van der Waals surface area contributed by atoms with Gasteiger partial charge in [-0.3, -0.25) is 10.2 Å². The average Bonchev–Trinajstić information content (AvgIpc) is 2.90. The second-order valence-electron chi connectivity index (χ2n) is 7.33. The minimum absolute atomic E-state index is 0.181. The van der Waals surface area contributed by atoms with E-state index in [1.807, 2.05) is 6.07 Å². The highest BCUT2D eigenvalue weighted by Gasteiger charge is 2.56. The van der Waals surface area contributed by atoms with E-state index in [1.165, 1.54) is 11.8 Å². The number of rotatable bonds is 3. The molecular formula is C17H25N5O5. The summed E-state index contributed by atoms with van der Waals surface area (Å²) >= 11 is 0. The summed E-state index contributed by atoms with van der Waals surface area (Å²) in [5.41, 5.74) is 0.100. The number of aliphatic hydroxyl groups is 3. The van der Waals surface area contributed by atoms with Crippen molar-refractivity contribution >= 4 is 17.5 Å². The van der Waals surface area contributed by atoms with E-state index in [0.29, 0.717) is 5.82 Å². The number of nitrogens with one attached hydrogen (secondary N) is 2. The molecule has 3 aliphatic heterocycles. The number of urea groups is 1. The fraction of sp³-hybridized carbons (Fsp3) is 0.647. The molecule has 2 amide bonds. The lowest BCUT2D eigenvalue weighted by atomic mass is 9.95. The lowest BCUT2D eigenvalue weighted by molar-refractivity contribution is -0.120. The van der Waals surface area contributed by atoms with E-state index in [9.17, 15) is 20.1 Å². The van der Waals surface area contributed by atoms with Gasteiger partial charge in [0.05, 0.1) is 13.2 Å². The number of carbonyl (C=O) groups excluding carboxylic acids is 1. The molecular weight excluding hydrogens is 354 g/mol. The van der Waals surface area contributed by atoms with E-state index in [0.717, 1.165) is 37.4 Å². The van der Waals surface area contributed by atoms with Crippen molar-refractivity contribution in [2.24, 2.45) is 0 Å². The smallest absolute Gasteiger partial charge is 0.325 e. The molecule has 10 nitrogen and oxygen atoms in total. The van der Waals surface area contributed by atoms with Crippen LogP contribution >= 0.6 is 0 Å². The molecule has 0 spiro atoms. The van der Waals surface area contributed by atoms with Crippen LogP contribution < -0.4 is 15.5 Å². The minimum atomic E-state index is -1.71. The van der Waals surface area contributed by atoms with Crippen molar-refractivity contribution < 1.29 is 24.9 Å². The number of piperazine rings is 1. The zero-order chi connectivity index (χ0) is 19.2. The largest absolute Gasteiger partial charge is 0.394 e. The molecule has 0 aliphatic carbocycles. The summed E-state index contributed by atoms with van der Waals surface area (Å²) in [5, 5.41) is 36.4. The average molecular weight is 379 g/mol. The Morgan fingerprint density at radius 1 is 1.41 bits per heavy atom. The SMILES string of the molecule is C[C@@]1(O)[C@H](O)[C@@H](CO)O[C@H]1N1Cc2c(N3CCNCC3)ccnc2NC1=O. The summed E-state index contributed by atoms with van der Waals surface area (Å²) in [6.07, 6.45) is -1.68. The van der Waals surface area contributed by atoms with Crippen molar-refractivity contribution in [1.29, 1.82) is 0 Å². The molecule has 4 heterocycles. The van der Waals surface area contributed by atoms with Gasteiger partial charge in [-0.25, -0.2) is 9.78 Å². The van der Waals surface area contributed by atoms with Crippen molar-refractivity contribution in [3.63, 3.8) is 0 Å². The summed E-state index contributed by atoms with van der Waals surface area (Å²) < 4.78 is 5.62. The van der Waals surface area contributed by atoms with Gasteiger partial charge in [-0.2, -0.15) is 0 Å². The summed E-state index contributed by atoms with van der Waals surface area (Å²) in [6.45, 7) is 4.56. The quantitative estimate of drug-likeness (QED) is 0.437. The van der Waals surface area contributed by atoms with Crippen LogP contribution in [-0.4, -0.2) is 88.1 Å². The molecule has 0 saturated carbocycles. The lowest BCUT2D eigenvalue weighted by Gasteiger charge is -2.40. The van der Waals surface area contributed by atoms with Gasteiger partial charge in [0, 0.05) is 43.6 Å². The number of aliphatic hydroxyl groups excluding tert-OH is 2. The van der Waals surface area contributed by atoms with Crippen LogP contribution in [0.1, 0.15) is 12.5 Å². The van der Waals surface area contributed by atoms with E-state index < -0.39 is 36.7 Å². The zero-order valence-corrected chi connectivity index (χ0v) is 15.1. The Morgan fingerprint density at radius 2 is 2.15 bits per heavy atom. The maximum absolute atomic E-state index is 12.6. The van der Waals surface area contributed by atoms with Crippen LogP contribution in [-0.2, 0) is 11.3 Å². The van der Waals surface area contributed by atoms with E-state index in [-0.39, 0.29) is 6.54 Å². The first kappa shape index (κ1) is 18.4. The van der Waals surface area contributed by atoms with Gasteiger partial charge in [0.2, 0.25) is 0 Å². The molecule has 0 radical (unpaired) electrons. The molecule has 3 aliphatic rings. The van der Waals surface area contributed by atoms with Crippen LogP contribution in [0.15, 0.2) is 12.3 Å². The van der Waals surface area contributed by atoms with Crippen LogP contribution in [0.4, 0.5) is 16.3 Å². The second-order valence-corrected chi connectivity index (χ2v) is 7.33. The van der Waals surface area contributed by atoms with Crippen LogP contribution in [0.5, 0.6) is 0 Å². The fourth-order valence-electron chi connectivity index (χ4n) is 3.98. The molecule has 148 valence electrons. The molecule has 0 bridgehead atoms. The number of hydrogen-bond acceptors (Lipinski definition) is 8. The highest BCUT2D eigenvalue weighted by atomic mass is 16.6. The third-order valence-electron chi connectivity index (χ3n) is 5.52. The number of ether oxygens (including phenoxy) is 1. The summed E-state index contributed by atoms with van der Waals surface area (Å²) in [4.78, 5) is 20.5. The Kier molecular flexibility index (Phi) is 4.68. The Labute approximate surface area is 156 Å². The Balaban J connectivity index is 1.65.